The normalized spacial score (nSPS) is 11.6. The first-order valence-corrected chi connectivity index (χ1v) is 8.69. The van der Waals surface area contributed by atoms with Crippen LogP contribution in [-0.2, 0) is 16.0 Å². The minimum Gasteiger partial charge on any atom is -0.475 e. The second-order valence-corrected chi connectivity index (χ2v) is 6.30. The molecule has 7 heteroatoms. The number of carbonyl (C=O) groups is 3. The van der Waals surface area contributed by atoms with Crippen LogP contribution in [-0.4, -0.2) is 38.6 Å². The maximum absolute atomic E-state index is 12.9. The van der Waals surface area contributed by atoms with Crippen molar-refractivity contribution in [1.82, 2.24) is 15.1 Å². The van der Waals surface area contributed by atoms with Gasteiger partial charge in [-0.2, -0.15) is 5.10 Å². The molecule has 28 heavy (non-hydrogen) atoms. The van der Waals surface area contributed by atoms with E-state index in [-0.39, 0.29) is 12.1 Å². The minimum atomic E-state index is -1.59. The fourth-order valence-electron chi connectivity index (χ4n) is 2.87. The summed E-state index contributed by atoms with van der Waals surface area (Å²) in [6.45, 7) is 1.75. The number of rotatable bonds is 7. The third-order valence-electron chi connectivity index (χ3n) is 4.18. The summed E-state index contributed by atoms with van der Waals surface area (Å²) in [6.07, 6.45) is 0.0795. The van der Waals surface area contributed by atoms with E-state index in [1.807, 2.05) is 24.3 Å². The van der Waals surface area contributed by atoms with Crippen LogP contribution in [0, 0.1) is 6.92 Å². The highest BCUT2D eigenvalue weighted by Crippen LogP contribution is 2.13. The molecule has 0 aliphatic rings. The van der Waals surface area contributed by atoms with Gasteiger partial charge in [-0.15, -0.1) is 0 Å². The molecule has 3 aromatic rings. The lowest BCUT2D eigenvalue weighted by Gasteiger charge is -2.16. The van der Waals surface area contributed by atoms with Crippen molar-refractivity contribution in [3.63, 3.8) is 0 Å². The Bertz CT molecular complexity index is 997. The molecule has 1 unspecified atom stereocenters. The summed E-state index contributed by atoms with van der Waals surface area (Å²) >= 11 is 0. The number of benzene rings is 2. The monoisotopic (exact) mass is 377 g/mol. The number of amides is 1. The van der Waals surface area contributed by atoms with Gasteiger partial charge in [0.25, 0.3) is 11.7 Å². The van der Waals surface area contributed by atoms with Gasteiger partial charge in [0.05, 0.1) is 11.4 Å². The topological polar surface area (TPSA) is 101 Å². The summed E-state index contributed by atoms with van der Waals surface area (Å²) < 4.78 is 1.47. The molecule has 2 N–H and O–H groups in total. The molecule has 1 heterocycles. The van der Waals surface area contributed by atoms with Crippen LogP contribution < -0.4 is 5.32 Å². The summed E-state index contributed by atoms with van der Waals surface area (Å²) in [6, 6.07) is 18.4. The highest BCUT2D eigenvalue weighted by Gasteiger charge is 2.28. The van der Waals surface area contributed by atoms with Crippen molar-refractivity contribution in [2.75, 3.05) is 0 Å². The Morgan fingerprint density at radius 2 is 1.64 bits per heavy atom. The quantitative estimate of drug-likeness (QED) is 0.615. The molecule has 0 saturated carbocycles. The number of carboxylic acid groups (broad SMARTS) is 1. The predicted molar refractivity (Wildman–Crippen MR) is 102 cm³/mol. The third kappa shape index (κ3) is 4.32. The Labute approximate surface area is 161 Å². The van der Waals surface area contributed by atoms with Crippen LogP contribution in [0.3, 0.4) is 0 Å². The van der Waals surface area contributed by atoms with Crippen LogP contribution >= 0.6 is 0 Å². The van der Waals surface area contributed by atoms with E-state index in [2.05, 4.69) is 10.4 Å². The fourth-order valence-corrected chi connectivity index (χ4v) is 2.87. The van der Waals surface area contributed by atoms with Crippen molar-refractivity contribution in [3.8, 4) is 5.69 Å². The summed E-state index contributed by atoms with van der Waals surface area (Å²) in [5, 5.41) is 16.0. The number of hydrogen-bond donors (Lipinski definition) is 2. The number of aryl methyl sites for hydroxylation is 1. The number of nitrogens with zero attached hydrogens (tertiary/aromatic N) is 2. The zero-order valence-corrected chi connectivity index (χ0v) is 15.2. The molecule has 1 amide bonds. The zero-order chi connectivity index (χ0) is 20.1. The van der Waals surface area contributed by atoms with Gasteiger partial charge in [-0.05, 0) is 30.7 Å². The fraction of sp³-hybridized carbons (Fsp3) is 0.143. The van der Waals surface area contributed by atoms with E-state index in [0.717, 1.165) is 5.56 Å². The molecule has 2 aromatic carbocycles. The Morgan fingerprint density at radius 3 is 2.25 bits per heavy atom. The second kappa shape index (κ2) is 8.30. The number of aliphatic carboxylic acids is 1. The van der Waals surface area contributed by atoms with Crippen LogP contribution in [0.1, 0.15) is 21.7 Å². The van der Waals surface area contributed by atoms with E-state index < -0.39 is 23.7 Å². The maximum atomic E-state index is 12.9. The van der Waals surface area contributed by atoms with Crippen molar-refractivity contribution in [3.05, 3.63) is 83.7 Å². The van der Waals surface area contributed by atoms with Crippen molar-refractivity contribution >= 4 is 17.7 Å². The average molecular weight is 377 g/mol. The van der Waals surface area contributed by atoms with Crippen LogP contribution in [0.5, 0.6) is 0 Å². The van der Waals surface area contributed by atoms with Crippen LogP contribution in [0.25, 0.3) is 5.69 Å². The van der Waals surface area contributed by atoms with Gasteiger partial charge in [-0.3, -0.25) is 9.59 Å². The van der Waals surface area contributed by atoms with Crippen LogP contribution in [0.15, 0.2) is 66.7 Å². The van der Waals surface area contributed by atoms with E-state index in [1.165, 1.54) is 4.68 Å². The zero-order valence-electron chi connectivity index (χ0n) is 15.2. The lowest BCUT2D eigenvalue weighted by Crippen LogP contribution is -2.45. The molecule has 1 atom stereocenters. The number of para-hydroxylation sites is 1. The minimum absolute atomic E-state index is 0.0795. The summed E-state index contributed by atoms with van der Waals surface area (Å²) in [5.41, 5.74) is 2.28. The van der Waals surface area contributed by atoms with E-state index in [1.54, 1.807) is 49.4 Å². The molecular weight excluding hydrogens is 358 g/mol. The standard InChI is InChI=1S/C21H19N3O4/c1-14-12-18(24(23-14)16-10-6-3-7-11-16)20(26)22-17(19(25)21(27)28)13-15-8-4-2-5-9-15/h2-12,17H,13H2,1H3,(H,22,26)(H,27,28). The molecule has 0 aliphatic heterocycles. The summed E-state index contributed by atoms with van der Waals surface area (Å²) in [4.78, 5) is 36.2. The lowest BCUT2D eigenvalue weighted by molar-refractivity contribution is -0.149. The first-order valence-electron chi connectivity index (χ1n) is 8.69. The van der Waals surface area contributed by atoms with Gasteiger partial charge in [0.1, 0.15) is 11.7 Å². The van der Waals surface area contributed by atoms with Crippen LogP contribution in [0.4, 0.5) is 0 Å². The van der Waals surface area contributed by atoms with Crippen molar-refractivity contribution in [1.29, 1.82) is 0 Å². The molecular formula is C21H19N3O4. The molecule has 0 spiro atoms. The number of hydrogen-bond acceptors (Lipinski definition) is 4. The highest BCUT2D eigenvalue weighted by molar-refractivity contribution is 6.35. The van der Waals surface area contributed by atoms with E-state index in [9.17, 15) is 14.4 Å². The van der Waals surface area contributed by atoms with Gasteiger partial charge in [-0.25, -0.2) is 9.48 Å². The van der Waals surface area contributed by atoms with Crippen molar-refractivity contribution in [2.45, 2.75) is 19.4 Å². The van der Waals surface area contributed by atoms with Gasteiger partial charge in [0.15, 0.2) is 0 Å². The van der Waals surface area contributed by atoms with Gasteiger partial charge in [0, 0.05) is 6.42 Å². The number of ketones is 1. The summed E-state index contributed by atoms with van der Waals surface area (Å²) in [5.74, 6) is -3.23. The van der Waals surface area contributed by atoms with Crippen molar-refractivity contribution < 1.29 is 19.5 Å². The molecule has 0 aliphatic carbocycles. The van der Waals surface area contributed by atoms with E-state index in [4.69, 9.17) is 5.11 Å². The maximum Gasteiger partial charge on any atom is 0.374 e. The Morgan fingerprint density at radius 1 is 1.04 bits per heavy atom. The molecule has 142 valence electrons. The largest absolute Gasteiger partial charge is 0.475 e. The first kappa shape index (κ1) is 19.0. The number of carboxylic acids is 1. The smallest absolute Gasteiger partial charge is 0.374 e. The molecule has 0 bridgehead atoms. The van der Waals surface area contributed by atoms with Gasteiger partial charge < -0.3 is 10.4 Å². The number of aromatic nitrogens is 2. The second-order valence-electron chi connectivity index (χ2n) is 6.30. The molecule has 0 fully saturated rings. The van der Waals surface area contributed by atoms with E-state index >= 15 is 0 Å². The Kier molecular flexibility index (Phi) is 5.64. The van der Waals surface area contributed by atoms with Crippen LogP contribution in [0.2, 0.25) is 0 Å². The molecule has 7 nitrogen and oxygen atoms in total. The SMILES string of the molecule is Cc1cc(C(=O)NC(Cc2ccccc2)C(=O)C(=O)O)n(-c2ccccc2)n1. The van der Waals surface area contributed by atoms with Gasteiger partial charge in [-0.1, -0.05) is 48.5 Å². The molecule has 0 saturated heterocycles. The Hall–Kier alpha value is -3.74. The number of nitrogens with one attached hydrogen (secondary N) is 1. The average Bonchev–Trinajstić information content (AvgIpc) is 3.10. The number of carbonyl (C=O) groups excluding carboxylic acids is 2. The number of Topliss-reactive ketones (excluding diaryl/α,β-unsaturated/α-hetero) is 1. The predicted octanol–water partition coefficient (Wildman–Crippen LogP) is 2.18. The molecule has 3 rings (SSSR count). The van der Waals surface area contributed by atoms with E-state index in [0.29, 0.717) is 11.4 Å². The Balaban J connectivity index is 1.88. The first-order chi connectivity index (χ1) is 13.5. The molecule has 0 radical (unpaired) electrons. The molecule has 1 aromatic heterocycles. The lowest BCUT2D eigenvalue weighted by atomic mass is 10.0. The van der Waals surface area contributed by atoms with Gasteiger partial charge in [0.2, 0.25) is 0 Å². The van der Waals surface area contributed by atoms with Crippen molar-refractivity contribution in [2.24, 2.45) is 0 Å². The summed E-state index contributed by atoms with van der Waals surface area (Å²) in [7, 11) is 0. The highest BCUT2D eigenvalue weighted by atomic mass is 16.4. The third-order valence-corrected chi connectivity index (χ3v) is 4.18. The van der Waals surface area contributed by atoms with Gasteiger partial charge >= 0.3 is 5.97 Å².